The first-order valence-corrected chi connectivity index (χ1v) is 14.4. The van der Waals surface area contributed by atoms with Gasteiger partial charge in [-0.1, -0.05) is 31.2 Å². The maximum absolute atomic E-state index is 13.5. The number of likely N-dealkylation sites (tertiary alicyclic amines) is 1. The van der Waals surface area contributed by atoms with Gasteiger partial charge in [-0.3, -0.25) is 9.59 Å². The van der Waals surface area contributed by atoms with Gasteiger partial charge in [0.1, 0.15) is 17.4 Å². The van der Waals surface area contributed by atoms with Crippen LogP contribution in [0.5, 0.6) is 5.75 Å². The smallest absolute Gasteiger partial charge is 0.232 e. The summed E-state index contributed by atoms with van der Waals surface area (Å²) in [5, 5.41) is 6.01. The number of benzene rings is 3. The van der Waals surface area contributed by atoms with Crippen molar-refractivity contribution in [1.29, 1.82) is 0 Å². The van der Waals surface area contributed by atoms with Gasteiger partial charge in [-0.2, -0.15) is 0 Å². The molecular formula is C33H39F2N3O3. The summed E-state index contributed by atoms with van der Waals surface area (Å²) in [6.45, 7) is 5.21. The van der Waals surface area contributed by atoms with Crippen LogP contribution in [0.1, 0.15) is 67.6 Å². The second-order valence-electron chi connectivity index (χ2n) is 10.6. The van der Waals surface area contributed by atoms with Crippen LogP contribution in [0.4, 0.5) is 14.5 Å². The summed E-state index contributed by atoms with van der Waals surface area (Å²) in [4.78, 5) is 27.7. The maximum Gasteiger partial charge on any atom is 0.232 e. The number of hydrogen-bond acceptors (Lipinski definition) is 4. The predicted molar refractivity (Wildman–Crippen MR) is 157 cm³/mol. The zero-order valence-corrected chi connectivity index (χ0v) is 23.8. The van der Waals surface area contributed by atoms with Crippen LogP contribution >= 0.6 is 0 Å². The van der Waals surface area contributed by atoms with Crippen molar-refractivity contribution < 1.29 is 23.1 Å². The first-order valence-electron chi connectivity index (χ1n) is 14.4. The maximum atomic E-state index is 13.5. The quantitative estimate of drug-likeness (QED) is 0.256. The Kier molecular flexibility index (Phi) is 10.8. The van der Waals surface area contributed by atoms with Crippen LogP contribution in [0.25, 0.3) is 0 Å². The molecule has 3 aromatic carbocycles. The number of carbonyl (C=O) groups excluding carboxylic acids is 2. The lowest BCUT2D eigenvalue weighted by Crippen LogP contribution is -2.36. The molecule has 218 valence electrons. The fraction of sp³-hybridized carbons (Fsp3) is 0.394. The van der Waals surface area contributed by atoms with Crippen molar-refractivity contribution in [1.82, 2.24) is 10.2 Å². The van der Waals surface area contributed by atoms with Crippen molar-refractivity contribution in [2.75, 3.05) is 38.6 Å². The molecular weight excluding hydrogens is 524 g/mol. The molecule has 0 bridgehead atoms. The average Bonchev–Trinajstić information content (AvgIpc) is 2.98. The van der Waals surface area contributed by atoms with E-state index >= 15 is 0 Å². The van der Waals surface area contributed by atoms with E-state index in [-0.39, 0.29) is 23.4 Å². The first-order chi connectivity index (χ1) is 19.9. The molecule has 0 radical (unpaired) electrons. The fourth-order valence-electron chi connectivity index (χ4n) is 5.47. The van der Waals surface area contributed by atoms with Gasteiger partial charge >= 0.3 is 0 Å². The van der Waals surface area contributed by atoms with Crippen LogP contribution in [-0.2, 0) is 9.59 Å². The second-order valence-corrected chi connectivity index (χ2v) is 10.6. The minimum atomic E-state index is -0.649. The van der Waals surface area contributed by atoms with Crippen molar-refractivity contribution >= 4 is 17.5 Å². The summed E-state index contributed by atoms with van der Waals surface area (Å²) in [5.41, 5.74) is 3.24. The van der Waals surface area contributed by atoms with E-state index in [1.54, 1.807) is 31.4 Å². The molecule has 1 fully saturated rings. The molecule has 0 atom stereocenters. The Bertz CT molecular complexity index is 1240. The number of carbonyl (C=O) groups is 2. The van der Waals surface area contributed by atoms with Gasteiger partial charge in [0.25, 0.3) is 0 Å². The van der Waals surface area contributed by atoms with Crippen molar-refractivity contribution in [3.8, 4) is 5.75 Å². The zero-order chi connectivity index (χ0) is 29.2. The first kappa shape index (κ1) is 30.2. The Hall–Kier alpha value is -3.78. The lowest BCUT2D eigenvalue weighted by molar-refractivity contribution is -0.121. The molecule has 1 aliphatic heterocycles. The van der Waals surface area contributed by atoms with E-state index in [1.165, 1.54) is 24.3 Å². The Morgan fingerprint density at radius 2 is 1.56 bits per heavy atom. The van der Waals surface area contributed by atoms with Crippen LogP contribution in [0.3, 0.4) is 0 Å². The highest BCUT2D eigenvalue weighted by Crippen LogP contribution is 2.36. The van der Waals surface area contributed by atoms with Gasteiger partial charge in [0.15, 0.2) is 0 Å². The molecule has 1 aliphatic rings. The summed E-state index contributed by atoms with van der Waals surface area (Å²) in [5.74, 6) is -0.384. The van der Waals surface area contributed by atoms with Crippen molar-refractivity contribution in [3.63, 3.8) is 0 Å². The van der Waals surface area contributed by atoms with Gasteiger partial charge in [-0.05, 0) is 110 Å². The molecule has 3 aromatic rings. The Morgan fingerprint density at radius 1 is 0.951 bits per heavy atom. The molecule has 6 nitrogen and oxygen atoms in total. The molecule has 0 aliphatic carbocycles. The number of rotatable bonds is 12. The third kappa shape index (κ3) is 8.36. The lowest BCUT2D eigenvalue weighted by atomic mass is 9.88. The van der Waals surface area contributed by atoms with Crippen LogP contribution < -0.4 is 15.4 Å². The highest BCUT2D eigenvalue weighted by atomic mass is 19.1. The molecule has 1 heterocycles. The highest BCUT2D eigenvalue weighted by molar-refractivity contribution is 5.91. The van der Waals surface area contributed by atoms with Gasteiger partial charge < -0.3 is 20.3 Å². The third-order valence-corrected chi connectivity index (χ3v) is 7.64. The van der Waals surface area contributed by atoms with Gasteiger partial charge in [0.2, 0.25) is 11.8 Å². The van der Waals surface area contributed by atoms with E-state index in [4.69, 9.17) is 4.74 Å². The van der Waals surface area contributed by atoms with Gasteiger partial charge in [0.05, 0.1) is 13.0 Å². The number of nitrogens with zero attached hydrogens (tertiary/aromatic N) is 1. The highest BCUT2D eigenvalue weighted by Gasteiger charge is 2.25. The SMILES string of the molecule is CCCC(=O)Nc1ccc(OC)c(C2CCN(CCCNC(=O)C(c3ccc(F)cc3)c3ccc(F)cc3)CC2)c1. The van der Waals surface area contributed by atoms with Gasteiger partial charge in [0, 0.05) is 18.7 Å². The van der Waals surface area contributed by atoms with Crippen molar-refractivity contribution in [2.24, 2.45) is 0 Å². The minimum absolute atomic E-state index is 0.0205. The molecule has 8 heteroatoms. The Morgan fingerprint density at radius 3 is 2.12 bits per heavy atom. The Labute approximate surface area is 241 Å². The van der Waals surface area contributed by atoms with Gasteiger partial charge in [-0.25, -0.2) is 8.78 Å². The lowest BCUT2D eigenvalue weighted by Gasteiger charge is -2.33. The summed E-state index contributed by atoms with van der Waals surface area (Å²) >= 11 is 0. The number of hydrogen-bond donors (Lipinski definition) is 2. The summed E-state index contributed by atoms with van der Waals surface area (Å²) in [7, 11) is 1.67. The van der Waals surface area contributed by atoms with Crippen molar-refractivity contribution in [2.45, 2.75) is 50.9 Å². The standard InChI is InChI=1S/C33H39F2N3O3/c1-3-5-31(39)37-28-14-15-30(41-2)29(22-28)23-16-20-38(21-17-23)19-4-18-36-33(40)32(24-6-10-26(34)11-7-24)25-8-12-27(35)13-9-25/h6-15,22-23,32H,3-5,16-21H2,1-2H3,(H,36,40)(H,37,39). The average molecular weight is 564 g/mol. The number of anilines is 1. The predicted octanol–water partition coefficient (Wildman–Crippen LogP) is 6.23. The van der Waals surface area contributed by atoms with E-state index < -0.39 is 5.92 Å². The van der Waals surface area contributed by atoms with Crippen LogP contribution in [0, 0.1) is 11.6 Å². The van der Waals surface area contributed by atoms with E-state index in [2.05, 4.69) is 15.5 Å². The van der Waals surface area contributed by atoms with Gasteiger partial charge in [-0.15, -0.1) is 0 Å². The summed E-state index contributed by atoms with van der Waals surface area (Å²) < 4.78 is 32.6. The van der Waals surface area contributed by atoms with E-state index in [1.807, 2.05) is 25.1 Å². The van der Waals surface area contributed by atoms with Crippen LogP contribution in [-0.4, -0.2) is 50.0 Å². The molecule has 0 spiro atoms. The minimum Gasteiger partial charge on any atom is -0.496 e. The largest absolute Gasteiger partial charge is 0.496 e. The monoisotopic (exact) mass is 563 g/mol. The molecule has 4 rings (SSSR count). The number of amides is 2. The number of piperidine rings is 1. The topological polar surface area (TPSA) is 70.7 Å². The molecule has 0 saturated carbocycles. The van der Waals surface area contributed by atoms with Crippen molar-refractivity contribution in [3.05, 3.63) is 95.1 Å². The number of nitrogens with one attached hydrogen (secondary N) is 2. The summed E-state index contributed by atoms with van der Waals surface area (Å²) in [6, 6.07) is 17.6. The molecule has 0 unspecified atom stereocenters. The fourth-order valence-corrected chi connectivity index (χ4v) is 5.47. The molecule has 2 N–H and O–H groups in total. The summed E-state index contributed by atoms with van der Waals surface area (Å²) in [6.07, 6.45) is 4.05. The number of ether oxygens (including phenoxy) is 1. The van der Waals surface area contributed by atoms with Crippen LogP contribution in [0.15, 0.2) is 66.7 Å². The van der Waals surface area contributed by atoms with E-state index in [0.29, 0.717) is 30.0 Å². The molecule has 41 heavy (non-hydrogen) atoms. The van der Waals surface area contributed by atoms with E-state index in [9.17, 15) is 18.4 Å². The number of halogens is 2. The Balaban J connectivity index is 1.28. The third-order valence-electron chi connectivity index (χ3n) is 7.64. The second kappa shape index (κ2) is 14.7. The normalized spacial score (nSPS) is 14.2. The molecule has 0 aromatic heterocycles. The zero-order valence-electron chi connectivity index (χ0n) is 23.8. The van der Waals surface area contributed by atoms with Crippen LogP contribution in [0.2, 0.25) is 0 Å². The number of methoxy groups -OCH3 is 1. The molecule has 2 amide bonds. The van der Waals surface area contributed by atoms with E-state index in [0.717, 1.165) is 62.3 Å². The molecule has 1 saturated heterocycles.